The fourth-order valence-electron chi connectivity index (χ4n) is 2.40. The standard InChI is InChI=1S/C19H25NO3/c1-13(2)16-11-12-17(14-7-9-15(22-6)10-8-14)20(16)18(21)23-19(3,4)5/h7-13H,1-6H3. The van der Waals surface area contributed by atoms with Crippen molar-refractivity contribution in [1.82, 2.24) is 4.57 Å². The number of rotatable bonds is 3. The van der Waals surface area contributed by atoms with Crippen LogP contribution in [-0.2, 0) is 4.74 Å². The first kappa shape index (κ1) is 17.1. The smallest absolute Gasteiger partial charge is 0.419 e. The number of carbonyl (C=O) groups excluding carboxylic acids is 1. The second-order valence-corrected chi connectivity index (χ2v) is 6.84. The van der Waals surface area contributed by atoms with Gasteiger partial charge in [0.05, 0.1) is 12.8 Å². The monoisotopic (exact) mass is 315 g/mol. The molecule has 0 saturated heterocycles. The van der Waals surface area contributed by atoms with Gasteiger partial charge in [0.15, 0.2) is 0 Å². The van der Waals surface area contributed by atoms with E-state index < -0.39 is 5.60 Å². The summed E-state index contributed by atoms with van der Waals surface area (Å²) in [6.45, 7) is 9.74. The SMILES string of the molecule is COc1ccc(-c2ccc(C(C)C)n2C(=O)OC(C)(C)C)cc1. The van der Waals surface area contributed by atoms with Gasteiger partial charge < -0.3 is 9.47 Å². The molecular weight excluding hydrogens is 290 g/mol. The molecular formula is C19H25NO3. The maximum atomic E-state index is 12.7. The molecule has 2 aromatic rings. The van der Waals surface area contributed by atoms with Crippen LogP contribution in [0.4, 0.5) is 4.79 Å². The average molecular weight is 315 g/mol. The predicted molar refractivity (Wildman–Crippen MR) is 92.1 cm³/mol. The minimum atomic E-state index is -0.535. The van der Waals surface area contributed by atoms with Crippen molar-refractivity contribution in [1.29, 1.82) is 0 Å². The predicted octanol–water partition coefficient (Wildman–Crippen LogP) is 5.07. The molecule has 4 heteroatoms. The Balaban J connectivity index is 2.49. The Kier molecular flexibility index (Phi) is 4.83. The van der Waals surface area contributed by atoms with Gasteiger partial charge in [0.25, 0.3) is 0 Å². The molecule has 1 heterocycles. The van der Waals surface area contributed by atoms with E-state index >= 15 is 0 Å². The Morgan fingerprint density at radius 1 is 1.04 bits per heavy atom. The molecule has 1 aromatic heterocycles. The molecule has 4 nitrogen and oxygen atoms in total. The van der Waals surface area contributed by atoms with Gasteiger partial charge in [-0.1, -0.05) is 13.8 Å². The van der Waals surface area contributed by atoms with Crippen LogP contribution in [0.2, 0.25) is 0 Å². The van der Waals surface area contributed by atoms with Crippen LogP contribution in [0.1, 0.15) is 46.2 Å². The minimum absolute atomic E-state index is 0.217. The van der Waals surface area contributed by atoms with E-state index in [0.717, 1.165) is 22.7 Å². The highest BCUT2D eigenvalue weighted by Gasteiger charge is 2.23. The number of nitrogens with zero attached hydrogens (tertiary/aromatic N) is 1. The van der Waals surface area contributed by atoms with Crippen LogP contribution in [0, 0.1) is 0 Å². The van der Waals surface area contributed by atoms with Crippen LogP contribution in [0.3, 0.4) is 0 Å². The molecule has 0 spiro atoms. The Morgan fingerprint density at radius 2 is 1.65 bits per heavy atom. The van der Waals surface area contributed by atoms with Crippen molar-refractivity contribution in [3.05, 3.63) is 42.1 Å². The van der Waals surface area contributed by atoms with E-state index in [1.807, 2.05) is 57.2 Å². The summed E-state index contributed by atoms with van der Waals surface area (Å²) in [5.41, 5.74) is 2.17. The van der Waals surface area contributed by atoms with Crippen molar-refractivity contribution < 1.29 is 14.3 Å². The summed E-state index contributed by atoms with van der Waals surface area (Å²) >= 11 is 0. The quantitative estimate of drug-likeness (QED) is 0.794. The fraction of sp³-hybridized carbons (Fsp3) is 0.421. The van der Waals surface area contributed by atoms with Crippen LogP contribution in [-0.4, -0.2) is 23.4 Å². The van der Waals surface area contributed by atoms with Crippen LogP contribution < -0.4 is 4.74 Å². The zero-order chi connectivity index (χ0) is 17.2. The molecule has 0 aliphatic carbocycles. The number of hydrogen-bond acceptors (Lipinski definition) is 3. The molecule has 0 N–H and O–H groups in total. The number of ether oxygens (including phenoxy) is 2. The van der Waals surface area contributed by atoms with Gasteiger partial charge in [0.2, 0.25) is 0 Å². The van der Waals surface area contributed by atoms with E-state index in [9.17, 15) is 4.79 Å². The molecule has 0 radical (unpaired) electrons. The second-order valence-electron chi connectivity index (χ2n) is 6.84. The largest absolute Gasteiger partial charge is 0.497 e. The molecule has 0 bridgehead atoms. The van der Waals surface area contributed by atoms with Gasteiger partial charge in [-0.05, 0) is 68.7 Å². The first-order valence-electron chi connectivity index (χ1n) is 7.82. The molecule has 1 aromatic carbocycles. The van der Waals surface area contributed by atoms with Crippen LogP contribution in [0.15, 0.2) is 36.4 Å². The highest BCUT2D eigenvalue weighted by molar-refractivity contribution is 5.80. The molecule has 0 aliphatic rings. The van der Waals surface area contributed by atoms with Crippen molar-refractivity contribution in [3.63, 3.8) is 0 Å². The minimum Gasteiger partial charge on any atom is -0.497 e. The molecule has 0 atom stereocenters. The van der Waals surface area contributed by atoms with Crippen molar-refractivity contribution in [2.24, 2.45) is 0 Å². The zero-order valence-corrected chi connectivity index (χ0v) is 14.7. The highest BCUT2D eigenvalue weighted by atomic mass is 16.6. The van der Waals surface area contributed by atoms with E-state index in [2.05, 4.69) is 13.8 Å². The Hall–Kier alpha value is -2.23. The normalized spacial score (nSPS) is 11.6. The maximum absolute atomic E-state index is 12.7. The van der Waals surface area contributed by atoms with Gasteiger partial charge in [-0.15, -0.1) is 0 Å². The first-order valence-corrected chi connectivity index (χ1v) is 7.82. The number of benzene rings is 1. The van der Waals surface area contributed by atoms with Gasteiger partial charge in [-0.25, -0.2) is 9.36 Å². The van der Waals surface area contributed by atoms with Crippen molar-refractivity contribution in [3.8, 4) is 17.0 Å². The van der Waals surface area contributed by atoms with Crippen LogP contribution >= 0.6 is 0 Å². The third-order valence-electron chi connectivity index (χ3n) is 3.46. The van der Waals surface area contributed by atoms with Gasteiger partial charge in [0, 0.05) is 5.69 Å². The summed E-state index contributed by atoms with van der Waals surface area (Å²) in [5, 5.41) is 0. The molecule has 2 rings (SSSR count). The van der Waals surface area contributed by atoms with Crippen molar-refractivity contribution in [2.45, 2.75) is 46.1 Å². The molecule has 0 saturated carbocycles. The number of hydrogen-bond donors (Lipinski definition) is 0. The van der Waals surface area contributed by atoms with E-state index in [1.165, 1.54) is 0 Å². The van der Waals surface area contributed by atoms with Gasteiger partial charge in [-0.3, -0.25) is 0 Å². The topological polar surface area (TPSA) is 40.5 Å². The number of carbonyl (C=O) groups is 1. The zero-order valence-electron chi connectivity index (χ0n) is 14.7. The highest BCUT2D eigenvalue weighted by Crippen LogP contribution is 2.29. The average Bonchev–Trinajstić information content (AvgIpc) is 2.90. The third-order valence-corrected chi connectivity index (χ3v) is 3.46. The summed E-state index contributed by atoms with van der Waals surface area (Å²) in [6, 6.07) is 11.6. The van der Waals surface area contributed by atoms with E-state index in [4.69, 9.17) is 9.47 Å². The second kappa shape index (κ2) is 6.49. The van der Waals surface area contributed by atoms with Crippen LogP contribution in [0.5, 0.6) is 5.75 Å². The molecule has 0 aliphatic heterocycles. The van der Waals surface area contributed by atoms with E-state index in [0.29, 0.717) is 0 Å². The molecule has 0 unspecified atom stereocenters. The fourth-order valence-corrected chi connectivity index (χ4v) is 2.40. The summed E-state index contributed by atoms with van der Waals surface area (Å²) in [4.78, 5) is 12.7. The lowest BCUT2D eigenvalue weighted by Crippen LogP contribution is -2.28. The van der Waals surface area contributed by atoms with Crippen molar-refractivity contribution >= 4 is 6.09 Å². The van der Waals surface area contributed by atoms with E-state index in [1.54, 1.807) is 11.7 Å². The van der Waals surface area contributed by atoms with Crippen LogP contribution in [0.25, 0.3) is 11.3 Å². The van der Waals surface area contributed by atoms with E-state index in [-0.39, 0.29) is 12.0 Å². The summed E-state index contributed by atoms with van der Waals surface area (Å²) < 4.78 is 12.4. The third kappa shape index (κ3) is 3.95. The Labute approximate surface area is 138 Å². The first-order chi connectivity index (χ1) is 10.7. The summed E-state index contributed by atoms with van der Waals surface area (Å²) in [5.74, 6) is 1.00. The lowest BCUT2D eigenvalue weighted by atomic mass is 10.1. The van der Waals surface area contributed by atoms with Crippen molar-refractivity contribution in [2.75, 3.05) is 7.11 Å². The lowest BCUT2D eigenvalue weighted by molar-refractivity contribution is 0.0534. The summed E-state index contributed by atoms with van der Waals surface area (Å²) in [7, 11) is 1.63. The molecule has 124 valence electrons. The molecule has 23 heavy (non-hydrogen) atoms. The number of aromatic nitrogens is 1. The molecule has 0 amide bonds. The Bertz CT molecular complexity index is 676. The lowest BCUT2D eigenvalue weighted by Gasteiger charge is -2.22. The van der Waals surface area contributed by atoms with Gasteiger partial charge >= 0.3 is 6.09 Å². The summed E-state index contributed by atoms with van der Waals surface area (Å²) in [6.07, 6.45) is -0.350. The number of methoxy groups -OCH3 is 1. The van der Waals surface area contributed by atoms with Gasteiger partial charge in [0.1, 0.15) is 11.4 Å². The Morgan fingerprint density at radius 3 is 2.13 bits per heavy atom. The maximum Gasteiger partial charge on any atom is 0.419 e. The van der Waals surface area contributed by atoms with Gasteiger partial charge in [-0.2, -0.15) is 0 Å². The molecule has 0 fully saturated rings.